The third-order valence-corrected chi connectivity index (χ3v) is 5.56. The van der Waals surface area contributed by atoms with E-state index in [9.17, 15) is 4.79 Å². The lowest BCUT2D eigenvalue weighted by atomic mass is 10.0. The summed E-state index contributed by atoms with van der Waals surface area (Å²) in [7, 11) is 0. The molecule has 2 aromatic carbocycles. The Hall–Kier alpha value is -2.04. The maximum atomic E-state index is 11.1. The molecule has 1 saturated heterocycles. The number of piperidine rings is 1. The van der Waals surface area contributed by atoms with Crippen LogP contribution < -0.4 is 4.90 Å². The summed E-state index contributed by atoms with van der Waals surface area (Å²) < 4.78 is 0. The van der Waals surface area contributed by atoms with E-state index in [1.54, 1.807) is 0 Å². The van der Waals surface area contributed by atoms with Crippen molar-refractivity contribution in [3.8, 4) is 0 Å². The normalized spacial score (nSPS) is 15.3. The molecule has 0 unspecified atom stereocenters. The predicted octanol–water partition coefficient (Wildman–Crippen LogP) is 4.59. The molecule has 2 aromatic rings. The summed E-state index contributed by atoms with van der Waals surface area (Å²) in [6, 6.07) is 16.7. The second-order valence-corrected chi connectivity index (χ2v) is 7.69. The third-order valence-electron chi connectivity index (χ3n) is 5.32. The molecule has 0 bridgehead atoms. The SMILES string of the molecule is Cc1ccccc1N1CCC(N(CCC(=O)O)Cc2cccc(Cl)c2)CC1. The largest absolute Gasteiger partial charge is 0.481 e. The lowest BCUT2D eigenvalue weighted by Crippen LogP contribution is -2.45. The van der Waals surface area contributed by atoms with Crippen molar-refractivity contribution in [3.05, 3.63) is 64.7 Å². The molecule has 27 heavy (non-hydrogen) atoms. The van der Waals surface area contributed by atoms with E-state index in [1.807, 2.05) is 18.2 Å². The van der Waals surface area contributed by atoms with Gasteiger partial charge < -0.3 is 10.0 Å². The molecule has 0 radical (unpaired) electrons. The summed E-state index contributed by atoms with van der Waals surface area (Å²) >= 11 is 6.12. The van der Waals surface area contributed by atoms with Crippen molar-refractivity contribution in [3.63, 3.8) is 0 Å². The highest BCUT2D eigenvalue weighted by molar-refractivity contribution is 6.30. The third kappa shape index (κ3) is 5.47. The molecule has 1 heterocycles. The molecular formula is C22H27ClN2O2. The van der Waals surface area contributed by atoms with Gasteiger partial charge in [0.1, 0.15) is 0 Å². The number of carboxylic acid groups (broad SMARTS) is 1. The number of hydrogen-bond acceptors (Lipinski definition) is 3. The Kier molecular flexibility index (Phi) is 6.75. The summed E-state index contributed by atoms with van der Waals surface area (Å²) in [6.45, 7) is 5.45. The highest BCUT2D eigenvalue weighted by Gasteiger charge is 2.25. The van der Waals surface area contributed by atoms with E-state index in [0.717, 1.165) is 43.1 Å². The Balaban J connectivity index is 1.66. The quantitative estimate of drug-likeness (QED) is 0.755. The molecule has 1 N–H and O–H groups in total. The average Bonchev–Trinajstić information content (AvgIpc) is 2.66. The monoisotopic (exact) mass is 386 g/mol. The summed E-state index contributed by atoms with van der Waals surface area (Å²) in [5.41, 5.74) is 3.75. The fraction of sp³-hybridized carbons (Fsp3) is 0.409. The zero-order valence-electron chi connectivity index (χ0n) is 15.8. The Labute approximate surface area is 166 Å². The van der Waals surface area contributed by atoms with Gasteiger partial charge in [0.05, 0.1) is 6.42 Å². The number of halogens is 1. The van der Waals surface area contributed by atoms with E-state index in [4.69, 9.17) is 16.7 Å². The van der Waals surface area contributed by atoms with Crippen LogP contribution in [0.2, 0.25) is 5.02 Å². The number of carboxylic acids is 1. The van der Waals surface area contributed by atoms with Crippen molar-refractivity contribution in [1.29, 1.82) is 0 Å². The number of para-hydroxylation sites is 1. The molecule has 1 aliphatic heterocycles. The van der Waals surface area contributed by atoms with Gasteiger partial charge in [-0.05, 0) is 49.1 Å². The van der Waals surface area contributed by atoms with Crippen molar-refractivity contribution in [2.75, 3.05) is 24.5 Å². The number of carbonyl (C=O) groups is 1. The molecule has 0 aromatic heterocycles. The molecule has 0 atom stereocenters. The van der Waals surface area contributed by atoms with Crippen LogP contribution in [0.1, 0.15) is 30.4 Å². The number of aryl methyl sites for hydroxylation is 1. The maximum Gasteiger partial charge on any atom is 0.304 e. The van der Waals surface area contributed by atoms with Crippen LogP contribution >= 0.6 is 11.6 Å². The second kappa shape index (κ2) is 9.25. The van der Waals surface area contributed by atoms with Crippen LogP contribution in [0.25, 0.3) is 0 Å². The summed E-state index contributed by atoms with van der Waals surface area (Å²) in [5.74, 6) is -0.747. The Bertz CT molecular complexity index is 772. The zero-order chi connectivity index (χ0) is 19.2. The summed E-state index contributed by atoms with van der Waals surface area (Å²) in [6.07, 6.45) is 2.24. The highest BCUT2D eigenvalue weighted by atomic mass is 35.5. The summed E-state index contributed by atoms with van der Waals surface area (Å²) in [5, 5.41) is 9.86. The number of nitrogens with zero attached hydrogens (tertiary/aromatic N) is 2. The first kappa shape index (κ1) is 19.7. The van der Waals surface area contributed by atoms with Gasteiger partial charge in [0.2, 0.25) is 0 Å². The lowest BCUT2D eigenvalue weighted by molar-refractivity contribution is -0.137. The zero-order valence-corrected chi connectivity index (χ0v) is 16.5. The number of hydrogen-bond donors (Lipinski definition) is 1. The van der Waals surface area contributed by atoms with Crippen LogP contribution in [-0.4, -0.2) is 41.7 Å². The lowest BCUT2D eigenvalue weighted by Gasteiger charge is -2.40. The molecule has 0 saturated carbocycles. The minimum Gasteiger partial charge on any atom is -0.481 e. The second-order valence-electron chi connectivity index (χ2n) is 7.25. The number of anilines is 1. The molecular weight excluding hydrogens is 360 g/mol. The van der Waals surface area contributed by atoms with E-state index < -0.39 is 5.97 Å². The van der Waals surface area contributed by atoms with E-state index in [1.165, 1.54) is 11.3 Å². The minimum absolute atomic E-state index is 0.165. The van der Waals surface area contributed by atoms with Crippen LogP contribution in [0, 0.1) is 6.92 Å². The van der Waals surface area contributed by atoms with Gasteiger partial charge in [-0.3, -0.25) is 9.69 Å². The molecule has 0 amide bonds. The van der Waals surface area contributed by atoms with Crippen molar-refractivity contribution in [2.24, 2.45) is 0 Å². The van der Waals surface area contributed by atoms with E-state index >= 15 is 0 Å². The Morgan fingerprint density at radius 3 is 2.59 bits per heavy atom. The molecule has 1 aliphatic rings. The molecule has 144 valence electrons. The van der Waals surface area contributed by atoms with Crippen molar-refractivity contribution in [1.82, 2.24) is 4.90 Å². The molecule has 4 nitrogen and oxygen atoms in total. The topological polar surface area (TPSA) is 43.8 Å². The van der Waals surface area contributed by atoms with Crippen LogP contribution in [0.4, 0.5) is 5.69 Å². The molecule has 0 spiro atoms. The first-order chi connectivity index (χ1) is 13.0. The highest BCUT2D eigenvalue weighted by Crippen LogP contribution is 2.26. The Morgan fingerprint density at radius 2 is 1.93 bits per heavy atom. The summed E-state index contributed by atoms with van der Waals surface area (Å²) in [4.78, 5) is 15.9. The van der Waals surface area contributed by atoms with Crippen LogP contribution in [-0.2, 0) is 11.3 Å². The van der Waals surface area contributed by atoms with Gasteiger partial charge >= 0.3 is 5.97 Å². The van der Waals surface area contributed by atoms with Crippen LogP contribution in [0.3, 0.4) is 0 Å². The van der Waals surface area contributed by atoms with E-state index in [2.05, 4.69) is 47.1 Å². The minimum atomic E-state index is -0.747. The van der Waals surface area contributed by atoms with Gasteiger partial charge in [0.15, 0.2) is 0 Å². The standard InChI is InChI=1S/C22H27ClN2O2/c1-17-5-2-3-8-21(17)24-12-9-20(10-13-24)25(14-11-22(26)27)16-18-6-4-7-19(23)15-18/h2-8,15,20H,9-14,16H2,1H3,(H,26,27). The smallest absolute Gasteiger partial charge is 0.304 e. The van der Waals surface area contributed by atoms with Gasteiger partial charge in [0.25, 0.3) is 0 Å². The maximum absolute atomic E-state index is 11.1. The first-order valence-corrected chi connectivity index (χ1v) is 9.91. The fourth-order valence-corrected chi connectivity index (χ4v) is 4.10. The van der Waals surface area contributed by atoms with Gasteiger partial charge in [-0.25, -0.2) is 0 Å². The molecule has 0 aliphatic carbocycles. The number of aliphatic carboxylic acids is 1. The van der Waals surface area contributed by atoms with Crippen LogP contribution in [0.5, 0.6) is 0 Å². The van der Waals surface area contributed by atoms with Gasteiger partial charge in [-0.15, -0.1) is 0 Å². The fourth-order valence-electron chi connectivity index (χ4n) is 3.89. The average molecular weight is 387 g/mol. The predicted molar refractivity (Wildman–Crippen MR) is 111 cm³/mol. The van der Waals surface area contributed by atoms with Crippen molar-refractivity contribution in [2.45, 2.75) is 38.8 Å². The van der Waals surface area contributed by atoms with Crippen molar-refractivity contribution < 1.29 is 9.90 Å². The van der Waals surface area contributed by atoms with Gasteiger partial charge in [0, 0.05) is 42.9 Å². The Morgan fingerprint density at radius 1 is 1.19 bits per heavy atom. The molecule has 5 heteroatoms. The van der Waals surface area contributed by atoms with Gasteiger partial charge in [-0.1, -0.05) is 41.9 Å². The van der Waals surface area contributed by atoms with Gasteiger partial charge in [-0.2, -0.15) is 0 Å². The van der Waals surface area contributed by atoms with E-state index in [0.29, 0.717) is 12.6 Å². The van der Waals surface area contributed by atoms with Crippen molar-refractivity contribution >= 4 is 23.3 Å². The number of benzene rings is 2. The number of rotatable bonds is 7. The van der Waals surface area contributed by atoms with Crippen LogP contribution in [0.15, 0.2) is 48.5 Å². The van der Waals surface area contributed by atoms with E-state index in [-0.39, 0.29) is 6.42 Å². The molecule has 3 rings (SSSR count). The first-order valence-electron chi connectivity index (χ1n) is 9.54. The molecule has 1 fully saturated rings.